The highest BCUT2D eigenvalue weighted by Gasteiger charge is 2.21. The Morgan fingerprint density at radius 2 is 2.35 bits per heavy atom. The molecule has 4 heteroatoms. The fourth-order valence-corrected chi connectivity index (χ4v) is 2.34. The van der Waals surface area contributed by atoms with Crippen LogP contribution in [0.25, 0.3) is 0 Å². The summed E-state index contributed by atoms with van der Waals surface area (Å²) in [5, 5.41) is 11.9. The second-order valence-corrected chi connectivity index (χ2v) is 5.13. The molecule has 2 atom stereocenters. The predicted octanol–water partition coefficient (Wildman–Crippen LogP) is 0.995. The summed E-state index contributed by atoms with van der Waals surface area (Å²) in [6, 6.07) is 0.264. The Hall–Kier alpha value is -0.610. The number of hydrogen-bond acceptors (Lipinski definition) is 3. The minimum Gasteiger partial charge on any atom is -0.396 e. The predicted molar refractivity (Wildman–Crippen MR) is 68.8 cm³/mol. The molecular weight excluding hydrogens is 216 g/mol. The van der Waals surface area contributed by atoms with E-state index < -0.39 is 0 Å². The van der Waals surface area contributed by atoms with E-state index >= 15 is 0 Å². The maximum Gasteiger partial charge on any atom is 0.234 e. The van der Waals surface area contributed by atoms with Crippen molar-refractivity contribution in [2.24, 2.45) is 5.92 Å². The Kier molecular flexibility index (Phi) is 6.52. The summed E-state index contributed by atoms with van der Waals surface area (Å²) in [6.07, 6.45) is 4.16. The van der Waals surface area contributed by atoms with Crippen molar-refractivity contribution in [3.8, 4) is 0 Å². The third-order valence-corrected chi connectivity index (χ3v) is 3.53. The molecule has 0 aromatic rings. The van der Waals surface area contributed by atoms with Crippen LogP contribution in [0.2, 0.25) is 0 Å². The van der Waals surface area contributed by atoms with Crippen molar-refractivity contribution in [2.45, 2.75) is 45.6 Å². The Morgan fingerprint density at radius 1 is 1.59 bits per heavy atom. The molecule has 1 aliphatic heterocycles. The highest BCUT2D eigenvalue weighted by molar-refractivity contribution is 5.78. The van der Waals surface area contributed by atoms with E-state index in [0.717, 1.165) is 32.4 Å². The van der Waals surface area contributed by atoms with E-state index in [-0.39, 0.29) is 18.6 Å². The summed E-state index contributed by atoms with van der Waals surface area (Å²) < 4.78 is 0. The average Bonchev–Trinajstić information content (AvgIpc) is 2.29. The SMILES string of the molecule is CCC(C)NC(=O)CN1CCCC(CCO)C1. The maximum absolute atomic E-state index is 11.7. The molecule has 1 fully saturated rings. The summed E-state index contributed by atoms with van der Waals surface area (Å²) in [4.78, 5) is 14.0. The van der Waals surface area contributed by atoms with Gasteiger partial charge >= 0.3 is 0 Å². The van der Waals surface area contributed by atoms with Gasteiger partial charge in [0.25, 0.3) is 0 Å². The molecule has 0 aromatic heterocycles. The first-order chi connectivity index (χ1) is 8.15. The molecule has 0 aliphatic carbocycles. The highest BCUT2D eigenvalue weighted by Crippen LogP contribution is 2.18. The number of nitrogens with zero attached hydrogens (tertiary/aromatic N) is 1. The van der Waals surface area contributed by atoms with Crippen LogP contribution in [0.3, 0.4) is 0 Å². The van der Waals surface area contributed by atoms with Gasteiger partial charge in [0, 0.05) is 19.2 Å². The summed E-state index contributed by atoms with van der Waals surface area (Å²) in [5.74, 6) is 0.689. The lowest BCUT2D eigenvalue weighted by Crippen LogP contribution is -2.44. The molecule has 0 saturated carbocycles. The maximum atomic E-state index is 11.7. The average molecular weight is 242 g/mol. The van der Waals surface area contributed by atoms with Gasteiger partial charge < -0.3 is 10.4 Å². The molecule has 0 radical (unpaired) electrons. The quantitative estimate of drug-likeness (QED) is 0.730. The first-order valence-corrected chi connectivity index (χ1v) is 6.78. The van der Waals surface area contributed by atoms with Gasteiger partial charge in [-0.05, 0) is 45.1 Å². The smallest absolute Gasteiger partial charge is 0.234 e. The van der Waals surface area contributed by atoms with Crippen LogP contribution in [0.4, 0.5) is 0 Å². The van der Waals surface area contributed by atoms with Crippen molar-refractivity contribution in [1.29, 1.82) is 0 Å². The van der Waals surface area contributed by atoms with E-state index in [4.69, 9.17) is 5.11 Å². The van der Waals surface area contributed by atoms with E-state index in [1.807, 2.05) is 6.92 Å². The van der Waals surface area contributed by atoms with Gasteiger partial charge in [0.2, 0.25) is 5.91 Å². The van der Waals surface area contributed by atoms with Crippen LogP contribution in [-0.2, 0) is 4.79 Å². The number of aliphatic hydroxyl groups is 1. The zero-order valence-electron chi connectivity index (χ0n) is 11.1. The summed E-state index contributed by atoms with van der Waals surface area (Å²) in [5.41, 5.74) is 0. The van der Waals surface area contributed by atoms with Gasteiger partial charge in [-0.15, -0.1) is 0 Å². The third-order valence-electron chi connectivity index (χ3n) is 3.53. The number of carbonyl (C=O) groups is 1. The van der Waals surface area contributed by atoms with E-state index in [9.17, 15) is 4.79 Å². The number of aliphatic hydroxyl groups excluding tert-OH is 1. The molecule has 0 bridgehead atoms. The van der Waals surface area contributed by atoms with E-state index in [1.165, 1.54) is 6.42 Å². The minimum atomic E-state index is 0.129. The van der Waals surface area contributed by atoms with Crippen molar-refractivity contribution in [3.05, 3.63) is 0 Å². The Bertz CT molecular complexity index is 231. The summed E-state index contributed by atoms with van der Waals surface area (Å²) in [7, 11) is 0. The first-order valence-electron chi connectivity index (χ1n) is 6.78. The van der Waals surface area contributed by atoms with Crippen molar-refractivity contribution in [1.82, 2.24) is 10.2 Å². The van der Waals surface area contributed by atoms with Gasteiger partial charge in [-0.1, -0.05) is 6.92 Å². The second kappa shape index (κ2) is 7.67. The van der Waals surface area contributed by atoms with Crippen molar-refractivity contribution in [3.63, 3.8) is 0 Å². The van der Waals surface area contributed by atoms with Crippen molar-refractivity contribution >= 4 is 5.91 Å². The van der Waals surface area contributed by atoms with Gasteiger partial charge in [0.05, 0.1) is 6.54 Å². The second-order valence-electron chi connectivity index (χ2n) is 5.13. The van der Waals surface area contributed by atoms with Crippen LogP contribution in [-0.4, -0.2) is 48.2 Å². The fourth-order valence-electron chi connectivity index (χ4n) is 2.34. The lowest BCUT2D eigenvalue weighted by Gasteiger charge is -2.32. The third kappa shape index (κ3) is 5.50. The highest BCUT2D eigenvalue weighted by atomic mass is 16.3. The van der Waals surface area contributed by atoms with E-state index in [2.05, 4.69) is 17.1 Å². The summed E-state index contributed by atoms with van der Waals surface area (Å²) >= 11 is 0. The molecule has 0 aromatic carbocycles. The number of rotatable bonds is 6. The molecule has 1 rings (SSSR count). The normalized spacial score (nSPS) is 23.4. The van der Waals surface area contributed by atoms with E-state index in [0.29, 0.717) is 12.5 Å². The van der Waals surface area contributed by atoms with Gasteiger partial charge in [0.1, 0.15) is 0 Å². The number of likely N-dealkylation sites (tertiary alicyclic amines) is 1. The van der Waals surface area contributed by atoms with Crippen molar-refractivity contribution in [2.75, 3.05) is 26.2 Å². The fraction of sp³-hybridized carbons (Fsp3) is 0.923. The van der Waals surface area contributed by atoms with Gasteiger partial charge in [-0.3, -0.25) is 9.69 Å². The number of carbonyl (C=O) groups excluding carboxylic acids is 1. The topological polar surface area (TPSA) is 52.6 Å². The zero-order valence-corrected chi connectivity index (χ0v) is 11.1. The van der Waals surface area contributed by atoms with E-state index in [1.54, 1.807) is 0 Å². The van der Waals surface area contributed by atoms with Crippen LogP contribution in [0.15, 0.2) is 0 Å². The number of amides is 1. The number of piperidine rings is 1. The van der Waals surface area contributed by atoms with Crippen LogP contribution in [0, 0.1) is 5.92 Å². The van der Waals surface area contributed by atoms with Crippen LogP contribution >= 0.6 is 0 Å². The Labute approximate surface area is 104 Å². The molecule has 1 heterocycles. The molecule has 2 unspecified atom stereocenters. The molecule has 1 amide bonds. The molecular formula is C13H26N2O2. The number of hydrogen-bond donors (Lipinski definition) is 2. The zero-order chi connectivity index (χ0) is 12.7. The monoisotopic (exact) mass is 242 g/mol. The molecule has 17 heavy (non-hydrogen) atoms. The Balaban J connectivity index is 2.28. The van der Waals surface area contributed by atoms with Gasteiger partial charge in [-0.25, -0.2) is 0 Å². The lowest BCUT2D eigenvalue weighted by molar-refractivity contribution is -0.123. The summed E-state index contributed by atoms with van der Waals surface area (Å²) in [6.45, 7) is 6.83. The van der Waals surface area contributed by atoms with Crippen LogP contribution < -0.4 is 5.32 Å². The van der Waals surface area contributed by atoms with Gasteiger partial charge in [0.15, 0.2) is 0 Å². The molecule has 2 N–H and O–H groups in total. The standard InChI is InChI=1S/C13H26N2O2/c1-3-11(2)14-13(17)10-15-7-4-5-12(9-15)6-8-16/h11-12,16H,3-10H2,1-2H3,(H,14,17). The molecule has 4 nitrogen and oxygen atoms in total. The minimum absolute atomic E-state index is 0.129. The number of nitrogens with one attached hydrogen (secondary N) is 1. The first kappa shape index (κ1) is 14.5. The van der Waals surface area contributed by atoms with Crippen LogP contribution in [0.1, 0.15) is 39.5 Å². The van der Waals surface area contributed by atoms with Crippen LogP contribution in [0.5, 0.6) is 0 Å². The molecule has 1 aliphatic rings. The lowest BCUT2D eigenvalue weighted by atomic mass is 9.95. The van der Waals surface area contributed by atoms with Crippen molar-refractivity contribution < 1.29 is 9.90 Å². The molecule has 1 saturated heterocycles. The largest absolute Gasteiger partial charge is 0.396 e. The Morgan fingerprint density at radius 3 is 3.00 bits per heavy atom. The van der Waals surface area contributed by atoms with Gasteiger partial charge in [-0.2, -0.15) is 0 Å². The molecule has 100 valence electrons. The molecule has 0 spiro atoms.